The summed E-state index contributed by atoms with van der Waals surface area (Å²) >= 11 is 12.5. The highest BCUT2D eigenvalue weighted by Crippen LogP contribution is 2.37. The predicted molar refractivity (Wildman–Crippen MR) is 168 cm³/mol. The molecule has 2 aliphatic rings. The van der Waals surface area contributed by atoms with Gasteiger partial charge in [0.1, 0.15) is 6.04 Å². The van der Waals surface area contributed by atoms with Crippen LogP contribution < -0.4 is 21.7 Å². The van der Waals surface area contributed by atoms with Crippen LogP contribution in [0.1, 0.15) is 50.5 Å². The number of anilines is 1. The molecule has 1 heterocycles. The number of carbonyl (C=O) groups is 3. The van der Waals surface area contributed by atoms with Crippen molar-refractivity contribution in [2.45, 2.75) is 62.9 Å². The van der Waals surface area contributed by atoms with E-state index in [1.807, 2.05) is 35.2 Å². The molecule has 0 spiro atoms. The number of hydrogen-bond donors (Lipinski definition) is 4. The number of halogens is 2. The summed E-state index contributed by atoms with van der Waals surface area (Å²) in [5.74, 6) is -0.382. The molecule has 42 heavy (non-hydrogen) atoms. The minimum Gasteiger partial charge on any atom is -0.344 e. The number of carbonyl (C=O) groups excluding carboxylic acids is 3. The van der Waals surface area contributed by atoms with Gasteiger partial charge >= 0.3 is 6.03 Å². The highest BCUT2D eigenvalue weighted by Gasteiger charge is 2.40. The molecular weight excluding hydrogens is 575 g/mol. The number of piperazine rings is 1. The van der Waals surface area contributed by atoms with Gasteiger partial charge in [-0.05, 0) is 49.1 Å². The van der Waals surface area contributed by atoms with E-state index < -0.39 is 6.04 Å². The third-order valence-electron chi connectivity index (χ3n) is 8.40. The molecule has 1 unspecified atom stereocenters. The molecule has 2 aromatic rings. The Labute approximate surface area is 258 Å². The summed E-state index contributed by atoms with van der Waals surface area (Å²) < 4.78 is 0. The minimum atomic E-state index is -0.745. The van der Waals surface area contributed by atoms with E-state index in [4.69, 9.17) is 28.9 Å². The van der Waals surface area contributed by atoms with Crippen LogP contribution >= 0.6 is 23.2 Å². The zero-order valence-electron chi connectivity index (χ0n) is 24.0. The Kier molecular flexibility index (Phi) is 11.9. The number of benzene rings is 2. The van der Waals surface area contributed by atoms with Crippen LogP contribution in [0.3, 0.4) is 0 Å². The summed E-state index contributed by atoms with van der Waals surface area (Å²) in [5.41, 5.74) is 7.09. The SMILES string of the molecule is NCCC(=O)NC(Cc1ccc(Cl)cc1Cl)C(=O)N1CCN(C2(CCNC(=O)Nc3ccccc3)CCCCC2)CC1. The van der Waals surface area contributed by atoms with Gasteiger partial charge in [-0.15, -0.1) is 0 Å². The Morgan fingerprint density at radius 2 is 1.67 bits per heavy atom. The highest BCUT2D eigenvalue weighted by atomic mass is 35.5. The van der Waals surface area contributed by atoms with Crippen LogP contribution in [0.2, 0.25) is 10.0 Å². The van der Waals surface area contributed by atoms with Crippen molar-refractivity contribution < 1.29 is 14.4 Å². The molecule has 4 amide bonds. The second kappa shape index (κ2) is 15.6. The number of rotatable bonds is 11. The van der Waals surface area contributed by atoms with Gasteiger partial charge < -0.3 is 26.6 Å². The first-order valence-electron chi connectivity index (χ1n) is 14.9. The molecule has 228 valence electrons. The number of hydrogen-bond acceptors (Lipinski definition) is 5. The number of nitrogens with one attached hydrogen (secondary N) is 3. The molecule has 1 saturated heterocycles. The Balaban J connectivity index is 1.36. The van der Waals surface area contributed by atoms with Crippen LogP contribution in [0, 0.1) is 0 Å². The van der Waals surface area contributed by atoms with E-state index in [0.29, 0.717) is 29.7 Å². The molecule has 1 aliphatic heterocycles. The monoisotopic (exact) mass is 616 g/mol. The van der Waals surface area contributed by atoms with E-state index in [1.54, 1.807) is 18.2 Å². The van der Waals surface area contributed by atoms with Gasteiger partial charge in [0.2, 0.25) is 11.8 Å². The van der Waals surface area contributed by atoms with Crippen molar-refractivity contribution in [1.29, 1.82) is 0 Å². The van der Waals surface area contributed by atoms with Crippen molar-refractivity contribution in [3.05, 3.63) is 64.1 Å². The van der Waals surface area contributed by atoms with Gasteiger partial charge in [0.25, 0.3) is 0 Å². The predicted octanol–water partition coefficient (Wildman–Crippen LogP) is 4.43. The van der Waals surface area contributed by atoms with Crippen LogP contribution in [0.4, 0.5) is 10.5 Å². The Morgan fingerprint density at radius 3 is 2.33 bits per heavy atom. The molecular formula is C31H42Cl2N6O3. The number of nitrogens with two attached hydrogens (primary N) is 1. The standard InChI is InChI=1S/C31H42Cl2N6O3/c32-24-10-9-23(26(33)22-24)21-27(37-28(40)11-15-34)29(41)38-17-19-39(20-18-38)31(12-5-2-6-13-31)14-16-35-30(42)36-25-7-3-1-4-8-25/h1,3-4,7-10,22,27H,2,5-6,11-21,34H2,(H,37,40)(H2,35,36,42). The summed E-state index contributed by atoms with van der Waals surface area (Å²) in [6.07, 6.45) is 6.97. The first-order valence-corrected chi connectivity index (χ1v) is 15.6. The van der Waals surface area contributed by atoms with Gasteiger partial charge in [0.05, 0.1) is 0 Å². The summed E-state index contributed by atoms with van der Waals surface area (Å²) in [7, 11) is 0. The molecule has 2 fully saturated rings. The average Bonchev–Trinajstić information content (AvgIpc) is 2.99. The molecule has 1 saturated carbocycles. The van der Waals surface area contributed by atoms with E-state index in [-0.39, 0.29) is 42.8 Å². The lowest BCUT2D eigenvalue weighted by molar-refractivity contribution is -0.139. The van der Waals surface area contributed by atoms with E-state index in [0.717, 1.165) is 56.4 Å². The van der Waals surface area contributed by atoms with Gasteiger partial charge in [-0.2, -0.15) is 0 Å². The maximum Gasteiger partial charge on any atom is 0.319 e. The summed E-state index contributed by atoms with van der Waals surface area (Å²) in [6, 6.07) is 13.6. The van der Waals surface area contributed by atoms with Gasteiger partial charge in [-0.3, -0.25) is 14.5 Å². The molecule has 4 rings (SSSR count). The second-order valence-corrected chi connectivity index (χ2v) is 12.0. The lowest BCUT2D eigenvalue weighted by Gasteiger charge is -2.50. The fraction of sp³-hybridized carbons (Fsp3) is 0.516. The largest absolute Gasteiger partial charge is 0.344 e. The number of para-hydroxylation sites is 1. The van der Waals surface area contributed by atoms with Crippen LogP contribution in [-0.4, -0.2) is 78.5 Å². The Morgan fingerprint density at radius 1 is 0.952 bits per heavy atom. The molecule has 9 nitrogen and oxygen atoms in total. The fourth-order valence-electron chi connectivity index (χ4n) is 6.17. The quantitative estimate of drug-likeness (QED) is 0.298. The van der Waals surface area contributed by atoms with Crippen molar-refractivity contribution in [2.75, 3.05) is 44.6 Å². The van der Waals surface area contributed by atoms with Crippen LogP contribution in [0.25, 0.3) is 0 Å². The number of amides is 4. The fourth-order valence-corrected chi connectivity index (χ4v) is 6.65. The lowest BCUT2D eigenvalue weighted by Crippen LogP contribution is -2.61. The first kappa shape index (κ1) is 32.1. The minimum absolute atomic E-state index is 0.00100. The summed E-state index contributed by atoms with van der Waals surface area (Å²) in [5, 5.41) is 9.78. The molecule has 0 bridgehead atoms. The molecule has 5 N–H and O–H groups in total. The molecule has 11 heteroatoms. The van der Waals surface area contributed by atoms with Crippen molar-refractivity contribution in [3.8, 4) is 0 Å². The summed E-state index contributed by atoms with van der Waals surface area (Å²) in [6.45, 7) is 3.41. The molecule has 0 radical (unpaired) electrons. The van der Waals surface area contributed by atoms with Gasteiger partial charge in [-0.1, -0.05) is 66.7 Å². The summed E-state index contributed by atoms with van der Waals surface area (Å²) in [4.78, 5) is 43.0. The topological polar surface area (TPSA) is 120 Å². The lowest BCUT2D eigenvalue weighted by atomic mass is 9.77. The molecule has 0 aromatic heterocycles. The maximum atomic E-state index is 13.7. The molecule has 1 aliphatic carbocycles. The van der Waals surface area contributed by atoms with Crippen LogP contribution in [0.5, 0.6) is 0 Å². The average molecular weight is 618 g/mol. The van der Waals surface area contributed by atoms with Gasteiger partial charge in [0, 0.05) is 73.4 Å². The number of nitrogens with zero attached hydrogens (tertiary/aromatic N) is 2. The second-order valence-electron chi connectivity index (χ2n) is 11.2. The third kappa shape index (κ3) is 8.83. The van der Waals surface area contributed by atoms with E-state index in [1.165, 1.54) is 6.42 Å². The maximum absolute atomic E-state index is 13.7. The Hall–Kier alpha value is -2.85. The third-order valence-corrected chi connectivity index (χ3v) is 8.98. The Bertz CT molecular complexity index is 1200. The van der Waals surface area contributed by atoms with Gasteiger partial charge in [0.15, 0.2) is 0 Å². The molecule has 1 atom stereocenters. The normalized spacial score (nSPS) is 17.7. The van der Waals surface area contributed by atoms with Crippen molar-refractivity contribution >= 4 is 46.7 Å². The zero-order valence-corrected chi connectivity index (χ0v) is 25.6. The molecule has 2 aromatic carbocycles. The number of urea groups is 1. The van der Waals surface area contributed by atoms with E-state index in [2.05, 4.69) is 20.9 Å². The van der Waals surface area contributed by atoms with Crippen molar-refractivity contribution in [3.63, 3.8) is 0 Å². The van der Waals surface area contributed by atoms with E-state index >= 15 is 0 Å². The van der Waals surface area contributed by atoms with Crippen molar-refractivity contribution in [1.82, 2.24) is 20.4 Å². The van der Waals surface area contributed by atoms with E-state index in [9.17, 15) is 14.4 Å². The van der Waals surface area contributed by atoms with Crippen molar-refractivity contribution in [2.24, 2.45) is 5.73 Å². The van der Waals surface area contributed by atoms with Crippen LogP contribution in [-0.2, 0) is 16.0 Å². The van der Waals surface area contributed by atoms with Gasteiger partial charge in [-0.25, -0.2) is 4.79 Å². The highest BCUT2D eigenvalue weighted by molar-refractivity contribution is 6.35. The zero-order chi connectivity index (χ0) is 30.0. The van der Waals surface area contributed by atoms with Crippen LogP contribution in [0.15, 0.2) is 48.5 Å². The first-order chi connectivity index (χ1) is 20.3. The smallest absolute Gasteiger partial charge is 0.319 e.